The fraction of sp³-hybridized carbons (Fsp3) is 0.375. The first kappa shape index (κ1) is 17.4. The molecule has 1 unspecified atom stereocenters. The van der Waals surface area contributed by atoms with Gasteiger partial charge in [0.15, 0.2) is 0 Å². The lowest BCUT2D eigenvalue weighted by Gasteiger charge is -2.17. The molecule has 3 rings (SSSR count). The van der Waals surface area contributed by atoms with Crippen molar-refractivity contribution in [1.29, 1.82) is 0 Å². The van der Waals surface area contributed by atoms with Crippen LogP contribution in [0.5, 0.6) is 17.5 Å². The van der Waals surface area contributed by atoms with Gasteiger partial charge in [0, 0.05) is 18.7 Å². The molecular weight excluding hydrogens is 346 g/mol. The van der Waals surface area contributed by atoms with Crippen LogP contribution in [0.25, 0.3) is 0 Å². The summed E-state index contributed by atoms with van der Waals surface area (Å²) < 4.78 is 42.5. The average Bonchev–Trinajstić information content (AvgIpc) is 3.12. The van der Waals surface area contributed by atoms with E-state index in [-0.39, 0.29) is 17.5 Å². The van der Waals surface area contributed by atoms with Gasteiger partial charge in [0.05, 0.1) is 25.7 Å². The second-order valence-electron chi connectivity index (χ2n) is 5.48. The van der Waals surface area contributed by atoms with E-state index in [1.54, 1.807) is 24.3 Å². The average molecular weight is 365 g/mol. The smallest absolute Gasteiger partial charge is 0.243 e. The first-order valence-corrected chi connectivity index (χ1v) is 9.15. The van der Waals surface area contributed by atoms with Crippen LogP contribution in [-0.2, 0) is 10.0 Å². The Morgan fingerprint density at radius 2 is 1.68 bits per heavy atom. The lowest BCUT2D eigenvalue weighted by molar-refractivity contribution is 0.203. The van der Waals surface area contributed by atoms with Crippen LogP contribution in [0.1, 0.15) is 6.42 Å². The van der Waals surface area contributed by atoms with Gasteiger partial charge in [-0.15, -0.1) is 10.2 Å². The van der Waals surface area contributed by atoms with Crippen molar-refractivity contribution in [3.63, 3.8) is 0 Å². The molecule has 1 aliphatic heterocycles. The van der Waals surface area contributed by atoms with Crippen LogP contribution in [-0.4, -0.2) is 56.3 Å². The predicted molar refractivity (Wildman–Crippen MR) is 89.4 cm³/mol. The van der Waals surface area contributed by atoms with E-state index < -0.39 is 10.0 Å². The van der Waals surface area contributed by atoms with E-state index in [2.05, 4.69) is 10.2 Å². The van der Waals surface area contributed by atoms with Gasteiger partial charge in [-0.05, 0) is 30.7 Å². The minimum atomic E-state index is -3.56. The molecule has 0 spiro atoms. The Bertz CT molecular complexity index is 809. The van der Waals surface area contributed by atoms with Crippen LogP contribution >= 0.6 is 0 Å². The maximum absolute atomic E-state index is 12.7. The quantitative estimate of drug-likeness (QED) is 0.763. The van der Waals surface area contributed by atoms with E-state index in [1.807, 2.05) is 0 Å². The number of aromatic nitrogens is 2. The van der Waals surface area contributed by atoms with Gasteiger partial charge in [0.25, 0.3) is 0 Å². The Morgan fingerprint density at radius 1 is 1.00 bits per heavy atom. The number of methoxy groups -OCH3 is 2. The van der Waals surface area contributed by atoms with Gasteiger partial charge in [-0.3, -0.25) is 0 Å². The molecule has 0 saturated carbocycles. The highest BCUT2D eigenvalue weighted by molar-refractivity contribution is 7.89. The zero-order chi connectivity index (χ0) is 17.9. The maximum Gasteiger partial charge on any atom is 0.243 e. The number of nitrogens with zero attached hydrogens (tertiary/aromatic N) is 3. The highest BCUT2D eigenvalue weighted by atomic mass is 32.2. The van der Waals surface area contributed by atoms with Gasteiger partial charge < -0.3 is 14.2 Å². The standard InChI is InChI=1S/C16H19N3O5S/c1-22-12-3-5-14(6-4-12)25(20,21)19-10-9-13(11-19)24-16-8-7-15(23-2)17-18-16/h3-8,13H,9-11H2,1-2H3. The first-order valence-electron chi connectivity index (χ1n) is 7.71. The molecule has 0 amide bonds. The summed E-state index contributed by atoms with van der Waals surface area (Å²) in [6.07, 6.45) is 0.319. The molecule has 1 aromatic carbocycles. The van der Waals surface area contributed by atoms with Crippen LogP contribution in [0.4, 0.5) is 0 Å². The first-order chi connectivity index (χ1) is 12.0. The molecule has 9 heteroatoms. The zero-order valence-corrected chi connectivity index (χ0v) is 14.8. The lowest BCUT2D eigenvalue weighted by Crippen LogP contribution is -2.31. The van der Waals surface area contributed by atoms with Crippen molar-refractivity contribution >= 4 is 10.0 Å². The van der Waals surface area contributed by atoms with Crippen molar-refractivity contribution in [2.75, 3.05) is 27.3 Å². The second kappa shape index (κ2) is 7.24. The molecule has 1 atom stereocenters. The highest BCUT2D eigenvalue weighted by Gasteiger charge is 2.33. The van der Waals surface area contributed by atoms with Gasteiger partial charge in [0.1, 0.15) is 11.9 Å². The number of benzene rings is 1. The molecular formula is C16H19N3O5S. The molecule has 2 heterocycles. The third kappa shape index (κ3) is 3.83. The highest BCUT2D eigenvalue weighted by Crippen LogP contribution is 2.25. The number of sulfonamides is 1. The Kier molecular flexibility index (Phi) is 5.05. The SMILES string of the molecule is COc1ccc(S(=O)(=O)N2CCC(Oc3ccc(OC)nn3)C2)cc1. The van der Waals surface area contributed by atoms with Gasteiger partial charge in [-0.1, -0.05) is 0 Å². The molecule has 1 fully saturated rings. The fourth-order valence-electron chi connectivity index (χ4n) is 2.56. The summed E-state index contributed by atoms with van der Waals surface area (Å²) in [5.74, 6) is 1.34. The number of hydrogen-bond acceptors (Lipinski definition) is 7. The molecule has 134 valence electrons. The van der Waals surface area contributed by atoms with Crippen LogP contribution < -0.4 is 14.2 Å². The van der Waals surface area contributed by atoms with Gasteiger partial charge in [-0.25, -0.2) is 8.42 Å². The van der Waals surface area contributed by atoms with Crippen molar-refractivity contribution in [3.05, 3.63) is 36.4 Å². The molecule has 0 N–H and O–H groups in total. The summed E-state index contributed by atoms with van der Waals surface area (Å²) in [6, 6.07) is 9.62. The minimum absolute atomic E-state index is 0.234. The Hall–Kier alpha value is -2.39. The molecule has 1 saturated heterocycles. The summed E-state index contributed by atoms with van der Waals surface area (Å²) in [5.41, 5.74) is 0. The number of rotatable bonds is 6. The summed E-state index contributed by atoms with van der Waals surface area (Å²) in [6.45, 7) is 0.657. The van der Waals surface area contributed by atoms with Gasteiger partial charge in [0.2, 0.25) is 21.8 Å². The van der Waals surface area contributed by atoms with Gasteiger partial charge in [-0.2, -0.15) is 4.31 Å². The molecule has 1 aromatic heterocycles. The number of ether oxygens (including phenoxy) is 3. The van der Waals surface area contributed by atoms with E-state index in [0.29, 0.717) is 30.5 Å². The Labute approximate surface area is 146 Å². The van der Waals surface area contributed by atoms with Crippen LogP contribution in [0.3, 0.4) is 0 Å². The van der Waals surface area contributed by atoms with Crippen LogP contribution in [0.2, 0.25) is 0 Å². The van der Waals surface area contributed by atoms with Crippen molar-refractivity contribution in [2.24, 2.45) is 0 Å². The summed E-state index contributed by atoms with van der Waals surface area (Å²) in [4.78, 5) is 0.234. The maximum atomic E-state index is 12.7. The molecule has 25 heavy (non-hydrogen) atoms. The summed E-state index contributed by atoms with van der Waals surface area (Å²) in [7, 11) is -0.519. The minimum Gasteiger partial charge on any atom is -0.497 e. The van der Waals surface area contributed by atoms with Crippen LogP contribution in [0, 0.1) is 0 Å². The fourth-order valence-corrected chi connectivity index (χ4v) is 4.05. The second-order valence-corrected chi connectivity index (χ2v) is 7.42. The van der Waals surface area contributed by atoms with Crippen LogP contribution in [0.15, 0.2) is 41.3 Å². The summed E-state index contributed by atoms with van der Waals surface area (Å²) >= 11 is 0. The third-order valence-corrected chi connectivity index (χ3v) is 5.80. The monoisotopic (exact) mass is 365 g/mol. The van der Waals surface area contributed by atoms with E-state index in [1.165, 1.54) is 30.7 Å². The van der Waals surface area contributed by atoms with Gasteiger partial charge >= 0.3 is 0 Å². The summed E-state index contributed by atoms with van der Waals surface area (Å²) in [5, 5.41) is 7.73. The molecule has 2 aromatic rings. The zero-order valence-electron chi connectivity index (χ0n) is 14.0. The molecule has 1 aliphatic rings. The lowest BCUT2D eigenvalue weighted by atomic mass is 10.3. The van der Waals surface area contributed by atoms with Crippen molar-refractivity contribution in [3.8, 4) is 17.5 Å². The largest absolute Gasteiger partial charge is 0.497 e. The Morgan fingerprint density at radius 3 is 2.28 bits per heavy atom. The molecule has 8 nitrogen and oxygen atoms in total. The van der Waals surface area contributed by atoms with E-state index in [4.69, 9.17) is 14.2 Å². The van der Waals surface area contributed by atoms with E-state index >= 15 is 0 Å². The molecule has 0 bridgehead atoms. The molecule has 0 aliphatic carbocycles. The van der Waals surface area contributed by atoms with E-state index in [9.17, 15) is 8.42 Å². The van der Waals surface area contributed by atoms with Crippen molar-refractivity contribution in [1.82, 2.24) is 14.5 Å². The number of hydrogen-bond donors (Lipinski definition) is 0. The van der Waals surface area contributed by atoms with Crippen molar-refractivity contribution in [2.45, 2.75) is 17.4 Å². The molecule has 0 radical (unpaired) electrons. The predicted octanol–water partition coefficient (Wildman–Crippen LogP) is 1.34. The normalized spacial score (nSPS) is 18.1. The Balaban J connectivity index is 1.66. The third-order valence-electron chi connectivity index (χ3n) is 3.92. The van der Waals surface area contributed by atoms with Crippen molar-refractivity contribution < 1.29 is 22.6 Å². The topological polar surface area (TPSA) is 90.9 Å². The van der Waals surface area contributed by atoms with E-state index in [0.717, 1.165) is 0 Å².